The summed E-state index contributed by atoms with van der Waals surface area (Å²) < 4.78 is 0. The van der Waals surface area contributed by atoms with Crippen LogP contribution in [0.3, 0.4) is 0 Å². The van der Waals surface area contributed by atoms with Crippen LogP contribution in [-0.2, 0) is 0 Å². The van der Waals surface area contributed by atoms with E-state index in [0.717, 1.165) is 11.9 Å². The molecule has 1 aromatic heterocycles. The fourth-order valence-corrected chi connectivity index (χ4v) is 4.22. The Hall–Kier alpha value is -1.00. The lowest BCUT2D eigenvalue weighted by atomic mass is 9.89. The van der Waals surface area contributed by atoms with Crippen LogP contribution in [0.2, 0.25) is 0 Å². The minimum absolute atomic E-state index is 0.414. The minimum atomic E-state index is 0.414. The van der Waals surface area contributed by atoms with E-state index in [-0.39, 0.29) is 0 Å². The third kappa shape index (κ3) is 4.15. The Balaban J connectivity index is 1.49. The van der Waals surface area contributed by atoms with E-state index in [0.29, 0.717) is 17.9 Å². The molecule has 0 atom stereocenters. The summed E-state index contributed by atoms with van der Waals surface area (Å²) in [5, 5.41) is 0. The average Bonchev–Trinajstić information content (AvgIpc) is 2.62. The normalized spacial score (nSPS) is 22.6. The van der Waals surface area contributed by atoms with Gasteiger partial charge in [-0.15, -0.1) is 0 Å². The van der Waals surface area contributed by atoms with E-state index in [1.165, 1.54) is 57.4 Å². The van der Waals surface area contributed by atoms with Crippen molar-refractivity contribution >= 4 is 0 Å². The molecule has 0 unspecified atom stereocenters. The van der Waals surface area contributed by atoms with Gasteiger partial charge in [-0.25, -0.2) is 9.97 Å². The fourth-order valence-electron chi connectivity index (χ4n) is 4.22. The number of nitrogens with zero attached hydrogens (tertiary/aromatic N) is 4. The van der Waals surface area contributed by atoms with Crippen molar-refractivity contribution in [2.24, 2.45) is 0 Å². The van der Waals surface area contributed by atoms with Crippen molar-refractivity contribution in [2.45, 2.75) is 77.3 Å². The zero-order valence-corrected chi connectivity index (χ0v) is 15.9. The molecule has 4 nitrogen and oxygen atoms in total. The maximum Gasteiger partial charge on any atom is 0.130 e. The summed E-state index contributed by atoms with van der Waals surface area (Å²) in [7, 11) is 0. The standard InChI is InChI=1S/C20H34N4/c1-15(2)20-21-13-18(14-22-20)17-5-9-24(10-6-17)19-7-11-23(12-8-19)16(3)4/h13-17,19H,5-12H2,1-4H3. The highest BCUT2D eigenvalue weighted by Gasteiger charge is 2.29. The van der Waals surface area contributed by atoms with E-state index in [1.54, 1.807) is 0 Å². The summed E-state index contributed by atoms with van der Waals surface area (Å²) in [5.74, 6) is 2.03. The van der Waals surface area contributed by atoms with Gasteiger partial charge in [-0.3, -0.25) is 0 Å². The molecule has 2 fully saturated rings. The molecule has 24 heavy (non-hydrogen) atoms. The summed E-state index contributed by atoms with van der Waals surface area (Å²) in [6.07, 6.45) is 9.35. The van der Waals surface area contributed by atoms with Crippen LogP contribution in [-0.4, -0.2) is 58.0 Å². The molecule has 0 N–H and O–H groups in total. The molecule has 3 heterocycles. The predicted molar refractivity (Wildman–Crippen MR) is 99.4 cm³/mol. The molecule has 0 saturated carbocycles. The molecule has 134 valence electrons. The molecule has 0 bridgehead atoms. The van der Waals surface area contributed by atoms with Gasteiger partial charge in [0.1, 0.15) is 5.82 Å². The van der Waals surface area contributed by atoms with Crippen LogP contribution in [0.5, 0.6) is 0 Å². The molecule has 3 rings (SSSR count). The Morgan fingerprint density at radius 1 is 0.875 bits per heavy atom. The van der Waals surface area contributed by atoms with Gasteiger partial charge in [0.05, 0.1) is 0 Å². The lowest BCUT2D eigenvalue weighted by Crippen LogP contribution is -2.48. The molecule has 0 aliphatic carbocycles. The highest BCUT2D eigenvalue weighted by molar-refractivity contribution is 5.14. The van der Waals surface area contributed by atoms with Crippen molar-refractivity contribution in [3.63, 3.8) is 0 Å². The SMILES string of the molecule is CC(C)c1ncc(C2CCN(C3CCN(C(C)C)CC3)CC2)cn1. The van der Waals surface area contributed by atoms with Crippen molar-refractivity contribution in [1.82, 2.24) is 19.8 Å². The third-order valence-electron chi connectivity index (χ3n) is 5.95. The van der Waals surface area contributed by atoms with Gasteiger partial charge in [0.2, 0.25) is 0 Å². The van der Waals surface area contributed by atoms with Crippen LogP contribution in [0.25, 0.3) is 0 Å². The van der Waals surface area contributed by atoms with Crippen molar-refractivity contribution < 1.29 is 0 Å². The highest BCUT2D eigenvalue weighted by Crippen LogP contribution is 2.30. The van der Waals surface area contributed by atoms with Gasteiger partial charge in [-0.1, -0.05) is 13.8 Å². The van der Waals surface area contributed by atoms with E-state index >= 15 is 0 Å². The number of aromatic nitrogens is 2. The van der Waals surface area contributed by atoms with Crippen LogP contribution in [0.15, 0.2) is 12.4 Å². The molecule has 0 spiro atoms. The fraction of sp³-hybridized carbons (Fsp3) is 0.800. The Bertz CT molecular complexity index is 495. The van der Waals surface area contributed by atoms with Gasteiger partial charge < -0.3 is 9.80 Å². The lowest BCUT2D eigenvalue weighted by molar-refractivity contribution is 0.0753. The van der Waals surface area contributed by atoms with E-state index < -0.39 is 0 Å². The van der Waals surface area contributed by atoms with Gasteiger partial charge in [-0.05, 0) is 77.2 Å². The van der Waals surface area contributed by atoms with Gasteiger partial charge >= 0.3 is 0 Å². The van der Waals surface area contributed by atoms with E-state index in [9.17, 15) is 0 Å². The predicted octanol–water partition coefficient (Wildman–Crippen LogP) is 3.65. The number of hydrogen-bond donors (Lipinski definition) is 0. The van der Waals surface area contributed by atoms with Crippen molar-refractivity contribution in [2.75, 3.05) is 26.2 Å². The Kier molecular flexibility index (Phi) is 5.88. The maximum absolute atomic E-state index is 4.56. The van der Waals surface area contributed by atoms with E-state index in [4.69, 9.17) is 0 Å². The van der Waals surface area contributed by atoms with Crippen LogP contribution in [0.4, 0.5) is 0 Å². The second-order valence-electron chi connectivity index (χ2n) is 8.20. The summed E-state index contributed by atoms with van der Waals surface area (Å²) in [4.78, 5) is 14.5. The molecular formula is C20H34N4. The largest absolute Gasteiger partial charge is 0.301 e. The number of hydrogen-bond acceptors (Lipinski definition) is 4. The average molecular weight is 331 g/mol. The van der Waals surface area contributed by atoms with Crippen LogP contribution >= 0.6 is 0 Å². The minimum Gasteiger partial charge on any atom is -0.301 e. The second-order valence-corrected chi connectivity index (χ2v) is 8.20. The lowest BCUT2D eigenvalue weighted by Gasteiger charge is -2.42. The first-order valence-electron chi connectivity index (χ1n) is 9.84. The topological polar surface area (TPSA) is 32.3 Å². The quantitative estimate of drug-likeness (QED) is 0.843. The van der Waals surface area contributed by atoms with Crippen molar-refractivity contribution in [1.29, 1.82) is 0 Å². The van der Waals surface area contributed by atoms with Crippen molar-refractivity contribution in [3.05, 3.63) is 23.8 Å². The number of piperidine rings is 2. The highest BCUT2D eigenvalue weighted by atomic mass is 15.2. The number of rotatable bonds is 4. The molecule has 1 aromatic rings. The van der Waals surface area contributed by atoms with Crippen LogP contribution in [0.1, 0.15) is 76.6 Å². The van der Waals surface area contributed by atoms with Gasteiger partial charge in [0, 0.05) is 30.4 Å². The maximum atomic E-state index is 4.56. The first kappa shape index (κ1) is 17.8. The first-order valence-corrected chi connectivity index (χ1v) is 9.84. The summed E-state index contributed by atoms with van der Waals surface area (Å²) in [6.45, 7) is 14.0. The molecular weight excluding hydrogens is 296 g/mol. The van der Waals surface area contributed by atoms with Gasteiger partial charge in [0.15, 0.2) is 0 Å². The molecule has 2 aliphatic rings. The van der Waals surface area contributed by atoms with Crippen LogP contribution < -0.4 is 0 Å². The zero-order valence-electron chi connectivity index (χ0n) is 15.9. The molecule has 4 heteroatoms. The second kappa shape index (κ2) is 7.92. The zero-order chi connectivity index (χ0) is 17.1. The molecule has 2 aliphatic heterocycles. The summed E-state index contributed by atoms with van der Waals surface area (Å²) in [5.41, 5.74) is 1.34. The smallest absolute Gasteiger partial charge is 0.130 e. The summed E-state index contributed by atoms with van der Waals surface area (Å²) >= 11 is 0. The first-order chi connectivity index (χ1) is 11.5. The molecule has 0 amide bonds. The Morgan fingerprint density at radius 3 is 1.96 bits per heavy atom. The Morgan fingerprint density at radius 2 is 1.46 bits per heavy atom. The van der Waals surface area contributed by atoms with Crippen molar-refractivity contribution in [3.8, 4) is 0 Å². The van der Waals surface area contributed by atoms with Crippen LogP contribution in [0, 0.1) is 0 Å². The van der Waals surface area contributed by atoms with Gasteiger partial charge in [0.25, 0.3) is 0 Å². The van der Waals surface area contributed by atoms with E-state index in [1.807, 2.05) is 0 Å². The molecule has 0 radical (unpaired) electrons. The molecule has 0 aromatic carbocycles. The third-order valence-corrected chi connectivity index (χ3v) is 5.95. The van der Waals surface area contributed by atoms with E-state index in [2.05, 4.69) is 59.9 Å². The Labute approximate surface area is 147 Å². The monoisotopic (exact) mass is 330 g/mol. The number of likely N-dealkylation sites (tertiary alicyclic amines) is 2. The molecule has 2 saturated heterocycles. The summed E-state index contributed by atoms with van der Waals surface area (Å²) in [6, 6.07) is 1.51. The van der Waals surface area contributed by atoms with Gasteiger partial charge in [-0.2, -0.15) is 0 Å².